The SMILES string of the molecule is CC(=O)c1ccnc(N2Cc3ccccc3C2)c1. The molecule has 3 heteroatoms. The van der Waals surface area contributed by atoms with Crippen molar-refractivity contribution in [2.45, 2.75) is 20.0 Å². The highest BCUT2D eigenvalue weighted by Gasteiger charge is 2.19. The Kier molecular flexibility index (Phi) is 2.59. The number of ketones is 1. The van der Waals surface area contributed by atoms with Crippen LogP contribution in [-0.4, -0.2) is 10.8 Å². The number of anilines is 1. The fourth-order valence-electron chi connectivity index (χ4n) is 2.31. The fraction of sp³-hybridized carbons (Fsp3) is 0.200. The summed E-state index contributed by atoms with van der Waals surface area (Å²) in [6.07, 6.45) is 1.70. The van der Waals surface area contributed by atoms with Crippen LogP contribution in [0.25, 0.3) is 0 Å². The summed E-state index contributed by atoms with van der Waals surface area (Å²) in [4.78, 5) is 17.9. The zero-order valence-electron chi connectivity index (χ0n) is 10.3. The molecule has 0 N–H and O–H groups in total. The van der Waals surface area contributed by atoms with Gasteiger partial charge in [-0.15, -0.1) is 0 Å². The van der Waals surface area contributed by atoms with E-state index in [1.54, 1.807) is 19.2 Å². The van der Waals surface area contributed by atoms with Crippen LogP contribution in [0.4, 0.5) is 5.82 Å². The number of fused-ring (bicyclic) bond motifs is 1. The lowest BCUT2D eigenvalue weighted by Crippen LogP contribution is -2.16. The number of aromatic nitrogens is 1. The molecule has 2 aromatic rings. The summed E-state index contributed by atoms with van der Waals surface area (Å²) >= 11 is 0. The van der Waals surface area contributed by atoms with Crippen LogP contribution in [0.5, 0.6) is 0 Å². The van der Waals surface area contributed by atoms with Crippen LogP contribution in [0.3, 0.4) is 0 Å². The molecule has 0 amide bonds. The van der Waals surface area contributed by atoms with E-state index in [9.17, 15) is 4.79 Å². The van der Waals surface area contributed by atoms with E-state index >= 15 is 0 Å². The number of Topliss-reactive ketones (excluding diaryl/α,β-unsaturated/α-hetero) is 1. The maximum Gasteiger partial charge on any atom is 0.159 e. The number of nitrogens with zero attached hydrogens (tertiary/aromatic N) is 2. The van der Waals surface area contributed by atoms with Crippen LogP contribution >= 0.6 is 0 Å². The van der Waals surface area contributed by atoms with Crippen LogP contribution in [0.2, 0.25) is 0 Å². The monoisotopic (exact) mass is 238 g/mol. The van der Waals surface area contributed by atoms with Crippen molar-refractivity contribution in [2.24, 2.45) is 0 Å². The third-order valence-corrected chi connectivity index (χ3v) is 3.32. The summed E-state index contributed by atoms with van der Waals surface area (Å²) < 4.78 is 0. The standard InChI is InChI=1S/C15H14N2O/c1-11(18)12-6-7-16-15(8-12)17-9-13-4-2-3-5-14(13)10-17/h2-8H,9-10H2,1H3. The lowest BCUT2D eigenvalue weighted by molar-refractivity contribution is 0.101. The van der Waals surface area contributed by atoms with Gasteiger partial charge in [0.1, 0.15) is 5.82 Å². The minimum Gasteiger partial charge on any atom is -0.348 e. The molecule has 0 aliphatic carbocycles. The van der Waals surface area contributed by atoms with Gasteiger partial charge in [-0.25, -0.2) is 4.98 Å². The third-order valence-electron chi connectivity index (χ3n) is 3.32. The molecule has 3 rings (SSSR count). The second-order valence-electron chi connectivity index (χ2n) is 4.58. The minimum atomic E-state index is 0.0790. The van der Waals surface area contributed by atoms with Crippen molar-refractivity contribution in [1.82, 2.24) is 4.98 Å². The van der Waals surface area contributed by atoms with E-state index in [0.29, 0.717) is 0 Å². The Hall–Kier alpha value is -2.16. The van der Waals surface area contributed by atoms with Gasteiger partial charge in [-0.3, -0.25) is 4.79 Å². The lowest BCUT2D eigenvalue weighted by Gasteiger charge is -2.16. The predicted molar refractivity (Wildman–Crippen MR) is 70.6 cm³/mol. The summed E-state index contributed by atoms with van der Waals surface area (Å²) in [6.45, 7) is 3.31. The Balaban J connectivity index is 1.90. The van der Waals surface area contributed by atoms with E-state index in [4.69, 9.17) is 0 Å². The van der Waals surface area contributed by atoms with E-state index in [1.165, 1.54) is 11.1 Å². The number of pyridine rings is 1. The van der Waals surface area contributed by atoms with Crippen LogP contribution in [0, 0.1) is 0 Å². The predicted octanol–water partition coefficient (Wildman–Crippen LogP) is 2.80. The first-order valence-electron chi connectivity index (χ1n) is 6.03. The lowest BCUT2D eigenvalue weighted by atomic mass is 10.1. The Morgan fingerprint density at radius 2 is 1.83 bits per heavy atom. The number of carbonyl (C=O) groups is 1. The quantitative estimate of drug-likeness (QED) is 0.754. The molecule has 3 nitrogen and oxygen atoms in total. The average molecular weight is 238 g/mol. The smallest absolute Gasteiger partial charge is 0.159 e. The molecule has 1 aliphatic rings. The van der Waals surface area contributed by atoms with E-state index < -0.39 is 0 Å². The number of hydrogen-bond acceptors (Lipinski definition) is 3. The maximum atomic E-state index is 11.4. The van der Waals surface area contributed by atoms with Crippen molar-refractivity contribution in [3.63, 3.8) is 0 Å². The molecule has 0 saturated carbocycles. The fourth-order valence-corrected chi connectivity index (χ4v) is 2.31. The molecule has 90 valence electrons. The summed E-state index contributed by atoms with van der Waals surface area (Å²) in [5.41, 5.74) is 3.40. The highest BCUT2D eigenvalue weighted by Crippen LogP contribution is 2.26. The molecule has 0 atom stereocenters. The summed E-state index contributed by atoms with van der Waals surface area (Å²) in [5, 5.41) is 0. The Morgan fingerprint density at radius 3 is 2.44 bits per heavy atom. The molecule has 1 aromatic carbocycles. The van der Waals surface area contributed by atoms with Crippen molar-refractivity contribution in [3.8, 4) is 0 Å². The highest BCUT2D eigenvalue weighted by molar-refractivity contribution is 5.94. The molecular formula is C15H14N2O. The van der Waals surface area contributed by atoms with Crippen molar-refractivity contribution < 1.29 is 4.79 Å². The molecule has 0 radical (unpaired) electrons. The molecular weight excluding hydrogens is 224 g/mol. The third kappa shape index (κ3) is 1.88. The number of carbonyl (C=O) groups excluding carboxylic acids is 1. The molecule has 0 unspecified atom stereocenters. The number of hydrogen-bond donors (Lipinski definition) is 0. The average Bonchev–Trinajstić information content (AvgIpc) is 2.82. The van der Waals surface area contributed by atoms with Crippen molar-refractivity contribution in [1.29, 1.82) is 0 Å². The largest absolute Gasteiger partial charge is 0.348 e. The van der Waals surface area contributed by atoms with Crippen LogP contribution < -0.4 is 4.90 Å². The van der Waals surface area contributed by atoms with Gasteiger partial charge in [-0.05, 0) is 30.2 Å². The summed E-state index contributed by atoms with van der Waals surface area (Å²) in [7, 11) is 0. The van der Waals surface area contributed by atoms with Gasteiger partial charge < -0.3 is 4.90 Å². The Morgan fingerprint density at radius 1 is 1.17 bits per heavy atom. The molecule has 1 aromatic heterocycles. The van der Waals surface area contributed by atoms with Gasteiger partial charge in [0.25, 0.3) is 0 Å². The van der Waals surface area contributed by atoms with Crippen molar-refractivity contribution in [2.75, 3.05) is 4.90 Å². The Labute approximate surface area is 106 Å². The van der Waals surface area contributed by atoms with Gasteiger partial charge in [-0.1, -0.05) is 24.3 Å². The molecule has 0 spiro atoms. The first kappa shape index (κ1) is 11.0. The summed E-state index contributed by atoms with van der Waals surface area (Å²) in [5.74, 6) is 0.953. The zero-order valence-corrected chi connectivity index (χ0v) is 10.3. The van der Waals surface area contributed by atoms with Crippen LogP contribution in [0.15, 0.2) is 42.6 Å². The molecule has 2 heterocycles. The first-order valence-corrected chi connectivity index (χ1v) is 6.03. The second-order valence-corrected chi connectivity index (χ2v) is 4.58. The topological polar surface area (TPSA) is 33.2 Å². The molecule has 18 heavy (non-hydrogen) atoms. The van der Waals surface area contributed by atoms with E-state index in [2.05, 4.69) is 34.1 Å². The van der Waals surface area contributed by atoms with Gasteiger partial charge in [-0.2, -0.15) is 0 Å². The van der Waals surface area contributed by atoms with Crippen LogP contribution in [0.1, 0.15) is 28.4 Å². The minimum absolute atomic E-state index is 0.0790. The first-order chi connectivity index (χ1) is 8.74. The van der Waals surface area contributed by atoms with Crippen molar-refractivity contribution in [3.05, 3.63) is 59.3 Å². The van der Waals surface area contributed by atoms with Gasteiger partial charge in [0, 0.05) is 24.8 Å². The Bertz CT molecular complexity index is 582. The zero-order chi connectivity index (χ0) is 12.5. The van der Waals surface area contributed by atoms with E-state index in [1.807, 2.05) is 6.07 Å². The summed E-state index contributed by atoms with van der Waals surface area (Å²) in [6, 6.07) is 12.0. The number of rotatable bonds is 2. The molecule has 0 saturated heterocycles. The van der Waals surface area contributed by atoms with Gasteiger partial charge in [0.2, 0.25) is 0 Å². The van der Waals surface area contributed by atoms with Crippen molar-refractivity contribution >= 4 is 11.6 Å². The van der Waals surface area contributed by atoms with E-state index in [0.717, 1.165) is 24.5 Å². The molecule has 0 bridgehead atoms. The van der Waals surface area contributed by atoms with Gasteiger partial charge >= 0.3 is 0 Å². The highest BCUT2D eigenvalue weighted by atomic mass is 16.1. The van der Waals surface area contributed by atoms with Crippen LogP contribution in [-0.2, 0) is 13.1 Å². The normalized spacial score (nSPS) is 13.5. The van der Waals surface area contributed by atoms with E-state index in [-0.39, 0.29) is 5.78 Å². The van der Waals surface area contributed by atoms with Gasteiger partial charge in [0.15, 0.2) is 5.78 Å². The number of benzene rings is 1. The van der Waals surface area contributed by atoms with Gasteiger partial charge in [0.05, 0.1) is 0 Å². The second kappa shape index (κ2) is 4.26. The maximum absolute atomic E-state index is 11.4. The molecule has 0 fully saturated rings. The molecule has 1 aliphatic heterocycles.